The lowest BCUT2D eigenvalue weighted by atomic mass is 9.96. The first-order valence-corrected chi connectivity index (χ1v) is 7.13. The van der Waals surface area contributed by atoms with Crippen LogP contribution in [0.1, 0.15) is 26.2 Å². The number of likely N-dealkylation sites (tertiary alicyclic amines) is 1. The van der Waals surface area contributed by atoms with Crippen LogP contribution in [-0.4, -0.2) is 55.0 Å². The number of hydrogen-bond donors (Lipinski definition) is 2. The molecule has 2 amide bonds. The van der Waals surface area contributed by atoms with Gasteiger partial charge in [0.15, 0.2) is 0 Å². The van der Waals surface area contributed by atoms with Crippen LogP contribution in [0.2, 0.25) is 0 Å². The van der Waals surface area contributed by atoms with Gasteiger partial charge in [-0.05, 0) is 25.2 Å². The van der Waals surface area contributed by atoms with Gasteiger partial charge in [-0.2, -0.15) is 0 Å². The minimum atomic E-state index is -0.391. The molecule has 2 aliphatic rings. The fourth-order valence-corrected chi connectivity index (χ4v) is 2.47. The van der Waals surface area contributed by atoms with Gasteiger partial charge >= 0.3 is 6.03 Å². The second-order valence-electron chi connectivity index (χ2n) is 5.45. The molecule has 0 spiro atoms. The van der Waals surface area contributed by atoms with Crippen molar-refractivity contribution < 1.29 is 14.6 Å². The lowest BCUT2D eigenvalue weighted by molar-refractivity contribution is 0.0436. The van der Waals surface area contributed by atoms with Crippen molar-refractivity contribution in [2.24, 2.45) is 5.92 Å². The van der Waals surface area contributed by atoms with Crippen LogP contribution in [0.3, 0.4) is 0 Å². The van der Waals surface area contributed by atoms with E-state index in [0.29, 0.717) is 19.7 Å². The van der Waals surface area contributed by atoms with Crippen LogP contribution in [-0.2, 0) is 4.74 Å². The van der Waals surface area contributed by atoms with E-state index in [1.807, 2.05) is 6.92 Å². The summed E-state index contributed by atoms with van der Waals surface area (Å²) < 4.78 is 5.24. The summed E-state index contributed by atoms with van der Waals surface area (Å²) in [4.78, 5) is 13.7. The standard InChI is InChI=1S/C14H24N2O3/c1-11-3-7-16(10-13(11)17)14(18)15-6-2-12-4-8-19-9-5-12/h4,11,13,17H,2-3,5-10H2,1H3,(H,15,18). The van der Waals surface area contributed by atoms with Crippen molar-refractivity contribution in [3.05, 3.63) is 11.6 Å². The van der Waals surface area contributed by atoms with Crippen LogP contribution in [0.15, 0.2) is 11.6 Å². The predicted octanol–water partition coefficient (Wildman–Crippen LogP) is 1.14. The van der Waals surface area contributed by atoms with Crippen LogP contribution in [0, 0.1) is 5.92 Å². The molecule has 2 heterocycles. The lowest BCUT2D eigenvalue weighted by Crippen LogP contribution is -2.49. The van der Waals surface area contributed by atoms with Crippen molar-refractivity contribution in [3.63, 3.8) is 0 Å². The highest BCUT2D eigenvalue weighted by atomic mass is 16.5. The second-order valence-corrected chi connectivity index (χ2v) is 5.45. The summed E-state index contributed by atoms with van der Waals surface area (Å²) in [7, 11) is 0. The molecule has 0 saturated carbocycles. The Labute approximate surface area is 114 Å². The average Bonchev–Trinajstić information content (AvgIpc) is 2.43. The van der Waals surface area contributed by atoms with Gasteiger partial charge in [0.05, 0.1) is 19.3 Å². The van der Waals surface area contributed by atoms with Crippen molar-refractivity contribution in [1.82, 2.24) is 10.2 Å². The smallest absolute Gasteiger partial charge is 0.317 e. The van der Waals surface area contributed by atoms with E-state index in [2.05, 4.69) is 11.4 Å². The number of aliphatic hydroxyl groups is 1. The van der Waals surface area contributed by atoms with Gasteiger partial charge in [0.2, 0.25) is 0 Å². The van der Waals surface area contributed by atoms with Gasteiger partial charge in [-0.15, -0.1) is 0 Å². The zero-order chi connectivity index (χ0) is 13.7. The first-order chi connectivity index (χ1) is 9.16. The van der Waals surface area contributed by atoms with E-state index < -0.39 is 6.10 Å². The van der Waals surface area contributed by atoms with E-state index >= 15 is 0 Å². The van der Waals surface area contributed by atoms with E-state index in [1.165, 1.54) is 5.57 Å². The highest BCUT2D eigenvalue weighted by Gasteiger charge is 2.26. The molecule has 2 aliphatic heterocycles. The number of nitrogens with zero attached hydrogens (tertiary/aromatic N) is 1. The van der Waals surface area contributed by atoms with Crippen LogP contribution in [0.25, 0.3) is 0 Å². The van der Waals surface area contributed by atoms with E-state index in [9.17, 15) is 9.90 Å². The normalized spacial score (nSPS) is 27.9. The Hall–Kier alpha value is -1.07. The van der Waals surface area contributed by atoms with E-state index in [-0.39, 0.29) is 11.9 Å². The highest BCUT2D eigenvalue weighted by Crippen LogP contribution is 2.17. The molecule has 108 valence electrons. The molecule has 2 atom stereocenters. The molecule has 1 saturated heterocycles. The molecule has 0 aromatic rings. The molecule has 5 nitrogen and oxygen atoms in total. The number of urea groups is 1. The Morgan fingerprint density at radius 1 is 1.63 bits per heavy atom. The minimum absolute atomic E-state index is 0.0568. The molecule has 0 aromatic carbocycles. The quantitative estimate of drug-likeness (QED) is 0.754. The summed E-state index contributed by atoms with van der Waals surface area (Å²) in [5.41, 5.74) is 1.36. The van der Waals surface area contributed by atoms with Gasteiger partial charge in [-0.25, -0.2) is 4.79 Å². The zero-order valence-corrected chi connectivity index (χ0v) is 11.6. The number of β-amino-alcohol motifs (C(OH)–C–C–N with tert-alkyl or cyclic N) is 1. The molecular weight excluding hydrogens is 244 g/mol. The van der Waals surface area contributed by atoms with Gasteiger partial charge in [0.1, 0.15) is 0 Å². The fraction of sp³-hybridized carbons (Fsp3) is 0.786. The molecule has 19 heavy (non-hydrogen) atoms. The number of aliphatic hydroxyl groups excluding tert-OH is 1. The molecule has 2 N–H and O–H groups in total. The van der Waals surface area contributed by atoms with Gasteiger partial charge in [-0.3, -0.25) is 0 Å². The Balaban J connectivity index is 1.68. The lowest BCUT2D eigenvalue weighted by Gasteiger charge is -2.34. The molecular formula is C14H24N2O3. The molecule has 2 unspecified atom stereocenters. The number of amides is 2. The summed E-state index contributed by atoms with van der Waals surface area (Å²) in [6.07, 6.45) is 4.44. The first-order valence-electron chi connectivity index (χ1n) is 7.13. The Kier molecular flexibility index (Phi) is 5.22. The fourth-order valence-electron chi connectivity index (χ4n) is 2.47. The molecule has 2 rings (SSSR count). The summed E-state index contributed by atoms with van der Waals surface area (Å²) in [6.45, 7) is 5.35. The topological polar surface area (TPSA) is 61.8 Å². The Bertz CT molecular complexity index is 344. The molecule has 0 aromatic heterocycles. The minimum Gasteiger partial charge on any atom is -0.391 e. The van der Waals surface area contributed by atoms with Crippen molar-refractivity contribution in [3.8, 4) is 0 Å². The number of piperidine rings is 1. The third-order valence-corrected chi connectivity index (χ3v) is 3.99. The average molecular weight is 268 g/mol. The Morgan fingerprint density at radius 3 is 3.16 bits per heavy atom. The van der Waals surface area contributed by atoms with Gasteiger partial charge in [0.25, 0.3) is 0 Å². The van der Waals surface area contributed by atoms with Gasteiger partial charge in [-0.1, -0.05) is 18.6 Å². The van der Waals surface area contributed by atoms with Gasteiger partial charge in [0, 0.05) is 19.6 Å². The third kappa shape index (κ3) is 4.21. The highest BCUT2D eigenvalue weighted by molar-refractivity contribution is 5.74. The van der Waals surface area contributed by atoms with Crippen molar-refractivity contribution in [2.45, 2.75) is 32.3 Å². The number of hydrogen-bond acceptors (Lipinski definition) is 3. The monoisotopic (exact) mass is 268 g/mol. The molecule has 5 heteroatoms. The largest absolute Gasteiger partial charge is 0.391 e. The number of nitrogens with one attached hydrogen (secondary N) is 1. The first kappa shape index (κ1) is 14.3. The molecule has 0 radical (unpaired) electrons. The van der Waals surface area contributed by atoms with Gasteiger partial charge < -0.3 is 20.1 Å². The molecule has 1 fully saturated rings. The maximum Gasteiger partial charge on any atom is 0.317 e. The van der Waals surface area contributed by atoms with Crippen molar-refractivity contribution >= 4 is 6.03 Å². The van der Waals surface area contributed by atoms with Crippen molar-refractivity contribution in [1.29, 1.82) is 0 Å². The number of ether oxygens (including phenoxy) is 1. The molecule has 0 bridgehead atoms. The predicted molar refractivity (Wildman–Crippen MR) is 72.9 cm³/mol. The number of carbonyl (C=O) groups excluding carboxylic acids is 1. The summed E-state index contributed by atoms with van der Waals surface area (Å²) in [5, 5.41) is 12.7. The molecule has 0 aliphatic carbocycles. The van der Waals surface area contributed by atoms with Crippen LogP contribution in [0.5, 0.6) is 0 Å². The summed E-state index contributed by atoms with van der Waals surface area (Å²) in [5.74, 6) is 0.288. The maximum atomic E-state index is 12.0. The SMILES string of the molecule is CC1CCN(C(=O)NCCC2=CCOCC2)CC1O. The zero-order valence-electron chi connectivity index (χ0n) is 11.6. The van der Waals surface area contributed by atoms with Crippen LogP contribution in [0.4, 0.5) is 4.79 Å². The van der Waals surface area contributed by atoms with Crippen molar-refractivity contribution in [2.75, 3.05) is 32.8 Å². The number of carbonyl (C=O) groups is 1. The third-order valence-electron chi connectivity index (χ3n) is 3.99. The number of rotatable bonds is 3. The second kappa shape index (κ2) is 6.91. The van der Waals surface area contributed by atoms with Crippen LogP contribution >= 0.6 is 0 Å². The summed E-state index contributed by atoms with van der Waals surface area (Å²) >= 11 is 0. The Morgan fingerprint density at radius 2 is 2.47 bits per heavy atom. The van der Waals surface area contributed by atoms with Crippen LogP contribution < -0.4 is 5.32 Å². The van der Waals surface area contributed by atoms with E-state index in [0.717, 1.165) is 32.4 Å². The van der Waals surface area contributed by atoms with E-state index in [4.69, 9.17) is 4.74 Å². The van der Waals surface area contributed by atoms with E-state index in [1.54, 1.807) is 4.90 Å². The summed E-state index contributed by atoms with van der Waals surface area (Å²) in [6, 6.07) is -0.0568. The maximum absolute atomic E-state index is 12.0.